The van der Waals surface area contributed by atoms with Gasteiger partial charge in [-0.2, -0.15) is 0 Å². The van der Waals surface area contributed by atoms with Gasteiger partial charge in [0.1, 0.15) is 5.75 Å². The molecule has 0 fully saturated rings. The lowest BCUT2D eigenvalue weighted by Crippen LogP contribution is -2.34. The number of carbonyl (C=O) groups is 1. The van der Waals surface area contributed by atoms with Crippen molar-refractivity contribution in [3.05, 3.63) is 29.8 Å². The van der Waals surface area contributed by atoms with E-state index in [4.69, 9.17) is 20.7 Å². The third-order valence-electron chi connectivity index (χ3n) is 1.85. The van der Waals surface area contributed by atoms with Gasteiger partial charge in [0.2, 0.25) is 6.10 Å². The zero-order valence-electron chi connectivity index (χ0n) is 8.09. The Hall–Kier alpha value is -1.59. The molecule has 0 aliphatic heterocycles. The van der Waals surface area contributed by atoms with Crippen LogP contribution in [0, 0.1) is 0 Å². The van der Waals surface area contributed by atoms with Crippen LogP contribution in [0.5, 0.6) is 5.75 Å². The Bertz CT molecular complexity index is 340. The molecule has 0 spiro atoms. The second kappa shape index (κ2) is 5.33. The Morgan fingerprint density at radius 3 is 2.80 bits per heavy atom. The first-order valence-corrected chi connectivity index (χ1v) is 4.46. The molecule has 4 N–H and O–H groups in total. The molecule has 0 aliphatic carbocycles. The van der Waals surface area contributed by atoms with Crippen LogP contribution in [0.1, 0.15) is 5.56 Å². The van der Waals surface area contributed by atoms with Gasteiger partial charge in [-0.25, -0.2) is 4.79 Å². The number of ether oxygens (including phenoxy) is 1. The minimum absolute atomic E-state index is 0.0985. The molecule has 0 heterocycles. The van der Waals surface area contributed by atoms with Gasteiger partial charge in [0.15, 0.2) is 0 Å². The molecule has 0 saturated carbocycles. The van der Waals surface area contributed by atoms with Crippen molar-refractivity contribution in [1.82, 2.24) is 0 Å². The monoisotopic (exact) mass is 211 g/mol. The highest BCUT2D eigenvalue weighted by Gasteiger charge is 2.16. The third-order valence-corrected chi connectivity index (χ3v) is 1.85. The van der Waals surface area contributed by atoms with Gasteiger partial charge in [-0.1, -0.05) is 12.1 Å². The number of carboxylic acid groups (broad SMARTS) is 1. The standard InChI is InChI=1S/C10H13NO4/c11-5-9(10(13)14)15-8-3-1-2-7(4-8)6-12/h1-4,9,12H,5-6,11H2,(H,13,14). The predicted octanol–water partition coefficient (Wildman–Crippen LogP) is -0.0304. The normalized spacial score (nSPS) is 12.1. The Morgan fingerprint density at radius 1 is 1.53 bits per heavy atom. The summed E-state index contributed by atoms with van der Waals surface area (Å²) in [5.41, 5.74) is 5.90. The highest BCUT2D eigenvalue weighted by molar-refractivity contribution is 5.73. The molecule has 0 amide bonds. The first-order chi connectivity index (χ1) is 7.17. The van der Waals surface area contributed by atoms with Gasteiger partial charge in [-0.05, 0) is 17.7 Å². The summed E-state index contributed by atoms with van der Waals surface area (Å²) in [5.74, 6) is -0.716. The SMILES string of the molecule is NCC(Oc1cccc(CO)c1)C(=O)O. The van der Waals surface area contributed by atoms with Gasteiger partial charge in [0.05, 0.1) is 6.61 Å². The van der Waals surface area contributed by atoms with E-state index < -0.39 is 12.1 Å². The van der Waals surface area contributed by atoms with E-state index in [1.165, 1.54) is 0 Å². The van der Waals surface area contributed by atoms with Crippen LogP contribution in [0.3, 0.4) is 0 Å². The number of benzene rings is 1. The molecular weight excluding hydrogens is 198 g/mol. The smallest absolute Gasteiger partial charge is 0.346 e. The van der Waals surface area contributed by atoms with Crippen molar-refractivity contribution in [2.75, 3.05) is 6.54 Å². The number of aliphatic carboxylic acids is 1. The van der Waals surface area contributed by atoms with E-state index in [0.717, 1.165) is 0 Å². The molecule has 0 saturated heterocycles. The molecule has 1 aromatic carbocycles. The van der Waals surface area contributed by atoms with Gasteiger partial charge in [0, 0.05) is 6.54 Å². The highest BCUT2D eigenvalue weighted by atomic mass is 16.5. The first kappa shape index (κ1) is 11.5. The van der Waals surface area contributed by atoms with Crippen LogP contribution in [-0.4, -0.2) is 28.8 Å². The molecule has 0 radical (unpaired) electrons. The minimum Gasteiger partial charge on any atom is -0.478 e. The largest absolute Gasteiger partial charge is 0.478 e. The van der Waals surface area contributed by atoms with Crippen LogP contribution >= 0.6 is 0 Å². The van der Waals surface area contributed by atoms with Gasteiger partial charge in [-0.3, -0.25) is 0 Å². The summed E-state index contributed by atoms with van der Waals surface area (Å²) in [6.45, 7) is -0.212. The van der Waals surface area contributed by atoms with Crippen LogP contribution < -0.4 is 10.5 Å². The molecule has 15 heavy (non-hydrogen) atoms. The van der Waals surface area contributed by atoms with E-state index in [1.54, 1.807) is 24.3 Å². The second-order valence-electron chi connectivity index (χ2n) is 2.99. The summed E-state index contributed by atoms with van der Waals surface area (Å²) in [4.78, 5) is 10.6. The van der Waals surface area contributed by atoms with Crippen LogP contribution in [0.4, 0.5) is 0 Å². The fourth-order valence-corrected chi connectivity index (χ4v) is 1.08. The molecule has 1 atom stereocenters. The van der Waals surface area contributed by atoms with E-state index in [9.17, 15) is 4.79 Å². The Balaban J connectivity index is 2.74. The molecule has 1 rings (SSSR count). The quantitative estimate of drug-likeness (QED) is 0.636. The average Bonchev–Trinajstić information content (AvgIpc) is 2.25. The zero-order chi connectivity index (χ0) is 11.3. The fraction of sp³-hybridized carbons (Fsp3) is 0.300. The molecule has 82 valence electrons. The van der Waals surface area contributed by atoms with Gasteiger partial charge in [0.25, 0.3) is 0 Å². The maximum absolute atomic E-state index is 10.6. The van der Waals surface area contributed by atoms with Gasteiger partial charge >= 0.3 is 5.97 Å². The Labute approximate surface area is 87.1 Å². The summed E-state index contributed by atoms with van der Waals surface area (Å²) in [7, 11) is 0. The zero-order valence-corrected chi connectivity index (χ0v) is 8.09. The summed E-state index contributed by atoms with van der Waals surface area (Å²) in [5, 5.41) is 17.6. The van der Waals surface area contributed by atoms with Crippen molar-refractivity contribution in [3.63, 3.8) is 0 Å². The lowest BCUT2D eigenvalue weighted by atomic mass is 10.2. The van der Waals surface area contributed by atoms with Crippen molar-refractivity contribution in [2.24, 2.45) is 5.73 Å². The molecule has 0 aromatic heterocycles. The molecule has 1 aromatic rings. The topological polar surface area (TPSA) is 92.8 Å². The van der Waals surface area contributed by atoms with Crippen LogP contribution in [0.2, 0.25) is 0 Å². The third kappa shape index (κ3) is 3.23. The molecular formula is C10H13NO4. The summed E-state index contributed by atoms with van der Waals surface area (Å²) >= 11 is 0. The predicted molar refractivity (Wildman–Crippen MR) is 53.5 cm³/mol. The minimum atomic E-state index is -1.10. The maximum Gasteiger partial charge on any atom is 0.346 e. The first-order valence-electron chi connectivity index (χ1n) is 4.46. The van der Waals surface area contributed by atoms with Crippen LogP contribution in [0.25, 0.3) is 0 Å². The number of carboxylic acids is 1. The Kier molecular flexibility index (Phi) is 4.08. The number of aliphatic hydroxyl groups excluding tert-OH is 1. The van der Waals surface area contributed by atoms with Crippen molar-refractivity contribution in [1.29, 1.82) is 0 Å². The molecule has 1 unspecified atom stereocenters. The average molecular weight is 211 g/mol. The number of hydrogen-bond acceptors (Lipinski definition) is 4. The molecule has 0 bridgehead atoms. The van der Waals surface area contributed by atoms with Crippen molar-refractivity contribution in [2.45, 2.75) is 12.7 Å². The van der Waals surface area contributed by atoms with E-state index in [0.29, 0.717) is 11.3 Å². The van der Waals surface area contributed by atoms with E-state index >= 15 is 0 Å². The van der Waals surface area contributed by atoms with Crippen LogP contribution in [-0.2, 0) is 11.4 Å². The second-order valence-corrected chi connectivity index (χ2v) is 2.99. The summed E-state index contributed by atoms with van der Waals surface area (Å²) in [6.07, 6.45) is -1.06. The molecule has 5 heteroatoms. The number of rotatable bonds is 5. The number of nitrogens with two attached hydrogens (primary N) is 1. The van der Waals surface area contributed by atoms with E-state index in [-0.39, 0.29) is 13.2 Å². The van der Waals surface area contributed by atoms with Crippen molar-refractivity contribution >= 4 is 5.97 Å². The molecule has 0 aliphatic rings. The number of hydrogen-bond donors (Lipinski definition) is 3. The van der Waals surface area contributed by atoms with Gasteiger partial charge < -0.3 is 20.7 Å². The van der Waals surface area contributed by atoms with Crippen LogP contribution in [0.15, 0.2) is 24.3 Å². The van der Waals surface area contributed by atoms with Gasteiger partial charge in [-0.15, -0.1) is 0 Å². The highest BCUT2D eigenvalue weighted by Crippen LogP contribution is 2.14. The summed E-state index contributed by atoms with van der Waals surface area (Å²) in [6, 6.07) is 6.58. The molecule has 5 nitrogen and oxygen atoms in total. The number of aliphatic hydroxyl groups is 1. The van der Waals surface area contributed by atoms with Crippen molar-refractivity contribution < 1.29 is 19.7 Å². The lowest BCUT2D eigenvalue weighted by molar-refractivity contribution is -0.144. The van der Waals surface area contributed by atoms with E-state index in [2.05, 4.69) is 0 Å². The lowest BCUT2D eigenvalue weighted by Gasteiger charge is -2.13. The maximum atomic E-state index is 10.6. The Morgan fingerprint density at radius 2 is 2.27 bits per heavy atom. The fourth-order valence-electron chi connectivity index (χ4n) is 1.08. The van der Waals surface area contributed by atoms with Crippen molar-refractivity contribution in [3.8, 4) is 5.75 Å². The van der Waals surface area contributed by atoms with E-state index in [1.807, 2.05) is 0 Å². The summed E-state index contributed by atoms with van der Waals surface area (Å²) < 4.78 is 5.13.